The second-order valence-electron chi connectivity index (χ2n) is 5.27. The summed E-state index contributed by atoms with van der Waals surface area (Å²) in [6.07, 6.45) is 4.32. The topological polar surface area (TPSA) is 40.5 Å². The van der Waals surface area contributed by atoms with E-state index in [4.69, 9.17) is 5.11 Å². The Kier molecular flexibility index (Phi) is 3.01. The third kappa shape index (κ3) is 2.03. The van der Waals surface area contributed by atoms with Crippen molar-refractivity contribution >= 4 is 5.97 Å². The lowest BCUT2D eigenvalue weighted by atomic mass is 9.77. The van der Waals surface area contributed by atoms with Crippen molar-refractivity contribution in [1.82, 2.24) is 4.90 Å². The van der Waals surface area contributed by atoms with Gasteiger partial charge in [0.05, 0.1) is 5.92 Å². The first-order valence-electron chi connectivity index (χ1n) is 6.08. The number of hydrogen-bond donors (Lipinski definition) is 1. The van der Waals surface area contributed by atoms with Gasteiger partial charge in [0.15, 0.2) is 0 Å². The summed E-state index contributed by atoms with van der Waals surface area (Å²) < 4.78 is 0. The summed E-state index contributed by atoms with van der Waals surface area (Å²) in [6, 6.07) is 1.18. The smallest absolute Gasteiger partial charge is 0.306 e. The van der Waals surface area contributed by atoms with Crippen LogP contribution in [0.3, 0.4) is 0 Å². The monoisotopic (exact) mass is 211 g/mol. The van der Waals surface area contributed by atoms with Crippen LogP contribution in [0, 0.1) is 11.8 Å². The molecule has 3 heteroatoms. The molecule has 0 amide bonds. The Morgan fingerprint density at radius 2 is 2.00 bits per heavy atom. The first-order chi connectivity index (χ1) is 7.09. The maximum Gasteiger partial charge on any atom is 0.306 e. The molecule has 4 unspecified atom stereocenters. The van der Waals surface area contributed by atoms with Gasteiger partial charge in [-0.05, 0) is 45.1 Å². The number of rotatable bonds is 2. The Balaban J connectivity index is 1.92. The fraction of sp³-hybridized carbons (Fsp3) is 0.917. The summed E-state index contributed by atoms with van der Waals surface area (Å²) >= 11 is 0. The van der Waals surface area contributed by atoms with Crippen molar-refractivity contribution in [2.24, 2.45) is 11.8 Å². The third-order valence-electron chi connectivity index (χ3n) is 4.28. The van der Waals surface area contributed by atoms with E-state index in [1.54, 1.807) is 0 Å². The molecule has 4 atom stereocenters. The average molecular weight is 211 g/mol. The zero-order valence-electron chi connectivity index (χ0n) is 9.65. The molecule has 0 bridgehead atoms. The van der Waals surface area contributed by atoms with Crippen LogP contribution in [0.4, 0.5) is 0 Å². The lowest BCUT2D eigenvalue weighted by molar-refractivity contribution is -0.144. The first-order valence-corrected chi connectivity index (χ1v) is 6.08. The molecular weight excluding hydrogens is 190 g/mol. The molecule has 1 aliphatic carbocycles. The summed E-state index contributed by atoms with van der Waals surface area (Å²) in [5, 5.41) is 8.99. The van der Waals surface area contributed by atoms with Gasteiger partial charge in [-0.25, -0.2) is 0 Å². The molecule has 15 heavy (non-hydrogen) atoms. The van der Waals surface area contributed by atoms with Gasteiger partial charge in [-0.3, -0.25) is 9.69 Å². The first kappa shape index (κ1) is 10.9. The van der Waals surface area contributed by atoms with E-state index in [1.165, 1.54) is 12.8 Å². The molecule has 1 aliphatic heterocycles. The predicted molar refractivity (Wildman–Crippen MR) is 58.7 cm³/mol. The molecule has 0 aromatic heterocycles. The Hall–Kier alpha value is -0.570. The molecule has 1 heterocycles. The Morgan fingerprint density at radius 3 is 2.40 bits per heavy atom. The quantitative estimate of drug-likeness (QED) is 0.759. The van der Waals surface area contributed by atoms with Crippen LogP contribution in [0.1, 0.15) is 39.5 Å². The molecular formula is C12H21NO2. The van der Waals surface area contributed by atoms with Crippen LogP contribution < -0.4 is 0 Å². The van der Waals surface area contributed by atoms with Crippen molar-refractivity contribution in [2.75, 3.05) is 6.54 Å². The van der Waals surface area contributed by atoms with Crippen molar-refractivity contribution in [3.05, 3.63) is 0 Å². The molecule has 1 saturated carbocycles. The number of likely N-dealkylation sites (tertiary alicyclic amines) is 1. The van der Waals surface area contributed by atoms with Crippen molar-refractivity contribution in [3.63, 3.8) is 0 Å². The fourth-order valence-electron chi connectivity index (χ4n) is 3.05. The lowest BCUT2D eigenvalue weighted by Gasteiger charge is -2.48. The SMILES string of the molecule is CC1CCC1N1CCC(C(=O)O)CC1C. The minimum Gasteiger partial charge on any atom is -0.481 e. The lowest BCUT2D eigenvalue weighted by Crippen LogP contribution is -2.53. The highest BCUT2D eigenvalue weighted by Crippen LogP contribution is 2.36. The van der Waals surface area contributed by atoms with E-state index < -0.39 is 5.97 Å². The largest absolute Gasteiger partial charge is 0.481 e. The highest BCUT2D eigenvalue weighted by Gasteiger charge is 2.38. The van der Waals surface area contributed by atoms with Crippen LogP contribution in [0.15, 0.2) is 0 Å². The van der Waals surface area contributed by atoms with Crippen molar-refractivity contribution in [1.29, 1.82) is 0 Å². The van der Waals surface area contributed by atoms with Gasteiger partial charge < -0.3 is 5.11 Å². The summed E-state index contributed by atoms with van der Waals surface area (Å²) in [4.78, 5) is 13.4. The second kappa shape index (κ2) is 4.12. The van der Waals surface area contributed by atoms with E-state index >= 15 is 0 Å². The van der Waals surface area contributed by atoms with E-state index in [0.29, 0.717) is 6.04 Å². The van der Waals surface area contributed by atoms with Gasteiger partial charge in [0.1, 0.15) is 0 Å². The van der Waals surface area contributed by atoms with Gasteiger partial charge in [-0.2, -0.15) is 0 Å². The van der Waals surface area contributed by atoms with Gasteiger partial charge in [0.25, 0.3) is 0 Å². The molecule has 0 radical (unpaired) electrons. The van der Waals surface area contributed by atoms with Gasteiger partial charge >= 0.3 is 5.97 Å². The standard InChI is InChI=1S/C12H21NO2/c1-8-3-4-11(8)13-6-5-10(12(14)15)7-9(13)2/h8-11H,3-7H2,1-2H3,(H,14,15). The van der Waals surface area contributed by atoms with Crippen LogP contribution in [0.2, 0.25) is 0 Å². The van der Waals surface area contributed by atoms with Crippen LogP contribution >= 0.6 is 0 Å². The number of hydrogen-bond acceptors (Lipinski definition) is 2. The molecule has 2 rings (SSSR count). The maximum absolute atomic E-state index is 10.9. The number of carbonyl (C=O) groups is 1. The Morgan fingerprint density at radius 1 is 1.27 bits per heavy atom. The zero-order valence-corrected chi connectivity index (χ0v) is 9.65. The van der Waals surface area contributed by atoms with Crippen LogP contribution in [-0.4, -0.2) is 34.6 Å². The molecule has 0 spiro atoms. The molecule has 2 fully saturated rings. The molecule has 1 saturated heterocycles. The number of carboxylic acids is 1. The van der Waals surface area contributed by atoms with Crippen LogP contribution in [0.25, 0.3) is 0 Å². The minimum atomic E-state index is -0.608. The third-order valence-corrected chi connectivity index (χ3v) is 4.28. The highest BCUT2D eigenvalue weighted by atomic mass is 16.4. The van der Waals surface area contributed by atoms with E-state index in [1.807, 2.05) is 0 Å². The van der Waals surface area contributed by atoms with Gasteiger partial charge in [-0.15, -0.1) is 0 Å². The normalized spacial score (nSPS) is 42.3. The summed E-state index contributed by atoms with van der Waals surface area (Å²) in [5.74, 6) is 0.101. The number of piperidine rings is 1. The molecule has 2 aliphatic rings. The molecule has 0 aromatic carbocycles. The van der Waals surface area contributed by atoms with Crippen LogP contribution in [0.5, 0.6) is 0 Å². The zero-order chi connectivity index (χ0) is 11.0. The van der Waals surface area contributed by atoms with Crippen molar-refractivity contribution in [3.8, 4) is 0 Å². The van der Waals surface area contributed by atoms with Crippen molar-refractivity contribution in [2.45, 2.75) is 51.6 Å². The maximum atomic E-state index is 10.9. The number of nitrogens with zero attached hydrogens (tertiary/aromatic N) is 1. The summed E-state index contributed by atoms with van der Waals surface area (Å²) in [6.45, 7) is 5.47. The fourth-order valence-corrected chi connectivity index (χ4v) is 3.05. The Bertz CT molecular complexity index is 254. The predicted octanol–water partition coefficient (Wildman–Crippen LogP) is 1.97. The highest BCUT2D eigenvalue weighted by molar-refractivity contribution is 5.70. The molecule has 1 N–H and O–H groups in total. The minimum absolute atomic E-state index is 0.105. The summed E-state index contributed by atoms with van der Waals surface area (Å²) in [7, 11) is 0. The summed E-state index contributed by atoms with van der Waals surface area (Å²) in [5.41, 5.74) is 0. The molecule has 3 nitrogen and oxygen atoms in total. The van der Waals surface area contributed by atoms with Crippen molar-refractivity contribution < 1.29 is 9.90 Å². The molecule has 0 aromatic rings. The van der Waals surface area contributed by atoms with E-state index in [0.717, 1.165) is 31.3 Å². The average Bonchev–Trinajstić information content (AvgIpc) is 2.18. The van der Waals surface area contributed by atoms with E-state index in [2.05, 4.69) is 18.7 Å². The van der Waals surface area contributed by atoms with Gasteiger partial charge in [0.2, 0.25) is 0 Å². The Labute approximate surface area is 91.5 Å². The second-order valence-corrected chi connectivity index (χ2v) is 5.27. The molecule has 86 valence electrons. The van der Waals surface area contributed by atoms with Gasteiger partial charge in [-0.1, -0.05) is 6.92 Å². The number of carboxylic acid groups (broad SMARTS) is 1. The van der Waals surface area contributed by atoms with Gasteiger partial charge in [0, 0.05) is 12.1 Å². The van der Waals surface area contributed by atoms with E-state index in [-0.39, 0.29) is 5.92 Å². The van der Waals surface area contributed by atoms with E-state index in [9.17, 15) is 4.79 Å². The van der Waals surface area contributed by atoms with Crippen LogP contribution in [-0.2, 0) is 4.79 Å². The number of aliphatic carboxylic acids is 1.